The molecular weight excluding hydrogens is 282 g/mol. The fourth-order valence-electron chi connectivity index (χ4n) is 2.70. The van der Waals surface area contributed by atoms with Crippen LogP contribution < -0.4 is 10.6 Å². The van der Waals surface area contributed by atoms with Gasteiger partial charge in [0.2, 0.25) is 11.8 Å². The molecule has 3 rings (SSSR count). The summed E-state index contributed by atoms with van der Waals surface area (Å²) in [5.74, 6) is -0.0801. The van der Waals surface area contributed by atoms with E-state index in [0.717, 1.165) is 16.8 Å². The first-order chi connectivity index (χ1) is 10.6. The number of rotatable bonds is 3. The van der Waals surface area contributed by atoms with E-state index in [-0.39, 0.29) is 18.2 Å². The van der Waals surface area contributed by atoms with E-state index in [1.54, 1.807) is 6.07 Å². The van der Waals surface area contributed by atoms with Gasteiger partial charge >= 0.3 is 0 Å². The molecule has 1 aromatic heterocycles. The molecule has 0 saturated heterocycles. The smallest absolute Gasteiger partial charge is 0.228 e. The predicted molar refractivity (Wildman–Crippen MR) is 80.3 cm³/mol. The number of para-hydroxylation sites is 1. The molecule has 1 aliphatic rings. The van der Waals surface area contributed by atoms with Gasteiger partial charge in [-0.1, -0.05) is 23.4 Å². The zero-order chi connectivity index (χ0) is 15.7. The summed E-state index contributed by atoms with van der Waals surface area (Å²) < 4.78 is 5.08. The fraction of sp³-hybridized carbons (Fsp3) is 0.312. The van der Waals surface area contributed by atoms with Crippen molar-refractivity contribution in [2.45, 2.75) is 32.7 Å². The average molecular weight is 299 g/mol. The Morgan fingerprint density at radius 2 is 2.18 bits per heavy atom. The standard InChI is InChI=1S/C16H17N3O3/c1-9-13(10(2)22-19-9)8-17-16(21)12-7-15(20)18-14-6-4-3-5-11(12)14/h3-6,12H,7-8H2,1-2H3,(H,17,21)(H,18,20)/t12-/m0/s1. The van der Waals surface area contributed by atoms with Crippen molar-refractivity contribution in [2.75, 3.05) is 5.32 Å². The normalized spacial score (nSPS) is 16.8. The maximum Gasteiger partial charge on any atom is 0.228 e. The Hall–Kier alpha value is -2.63. The summed E-state index contributed by atoms with van der Waals surface area (Å²) in [6, 6.07) is 7.38. The number of nitrogens with zero attached hydrogens (tertiary/aromatic N) is 1. The summed E-state index contributed by atoms with van der Waals surface area (Å²) in [6.07, 6.45) is 0.157. The highest BCUT2D eigenvalue weighted by molar-refractivity contribution is 6.01. The highest BCUT2D eigenvalue weighted by Crippen LogP contribution is 2.32. The second-order valence-electron chi connectivity index (χ2n) is 5.41. The van der Waals surface area contributed by atoms with Gasteiger partial charge in [-0.05, 0) is 25.5 Å². The van der Waals surface area contributed by atoms with E-state index < -0.39 is 5.92 Å². The monoisotopic (exact) mass is 299 g/mol. The Balaban J connectivity index is 1.77. The quantitative estimate of drug-likeness (QED) is 0.908. The molecule has 1 atom stereocenters. The molecule has 0 unspecified atom stereocenters. The van der Waals surface area contributed by atoms with Gasteiger partial charge in [0.05, 0.1) is 11.6 Å². The molecule has 0 fully saturated rings. The van der Waals surface area contributed by atoms with Crippen LogP contribution in [0.3, 0.4) is 0 Å². The Labute approximate surface area is 127 Å². The van der Waals surface area contributed by atoms with Gasteiger partial charge in [-0.15, -0.1) is 0 Å². The first kappa shape index (κ1) is 14.3. The molecule has 22 heavy (non-hydrogen) atoms. The second-order valence-corrected chi connectivity index (χ2v) is 5.41. The van der Waals surface area contributed by atoms with Crippen molar-refractivity contribution in [1.29, 1.82) is 0 Å². The molecule has 6 heteroatoms. The molecular formula is C16H17N3O3. The van der Waals surface area contributed by atoms with Crippen molar-refractivity contribution in [3.8, 4) is 0 Å². The molecule has 0 radical (unpaired) electrons. The van der Waals surface area contributed by atoms with Crippen LogP contribution in [0.4, 0.5) is 5.69 Å². The minimum atomic E-state index is -0.467. The lowest BCUT2D eigenvalue weighted by molar-refractivity contribution is -0.126. The van der Waals surface area contributed by atoms with E-state index in [0.29, 0.717) is 18.0 Å². The molecule has 6 nitrogen and oxygen atoms in total. The van der Waals surface area contributed by atoms with Gasteiger partial charge < -0.3 is 15.2 Å². The first-order valence-electron chi connectivity index (χ1n) is 7.14. The maximum absolute atomic E-state index is 12.5. The van der Waals surface area contributed by atoms with Gasteiger partial charge in [0.15, 0.2) is 0 Å². The molecule has 114 valence electrons. The number of carbonyl (C=O) groups is 2. The van der Waals surface area contributed by atoms with Gasteiger partial charge in [0, 0.05) is 24.2 Å². The number of amides is 2. The van der Waals surface area contributed by atoms with E-state index in [4.69, 9.17) is 4.52 Å². The van der Waals surface area contributed by atoms with Crippen molar-refractivity contribution in [1.82, 2.24) is 10.5 Å². The number of fused-ring (bicyclic) bond motifs is 1. The summed E-state index contributed by atoms with van der Waals surface area (Å²) in [6.45, 7) is 3.99. The Morgan fingerprint density at radius 1 is 1.41 bits per heavy atom. The van der Waals surface area contributed by atoms with Crippen LogP contribution in [0.1, 0.15) is 34.9 Å². The number of aryl methyl sites for hydroxylation is 2. The SMILES string of the molecule is Cc1noc(C)c1CNC(=O)[C@H]1CC(=O)Nc2ccccc21. The number of hydrogen-bond acceptors (Lipinski definition) is 4. The molecule has 0 aliphatic carbocycles. The van der Waals surface area contributed by atoms with E-state index >= 15 is 0 Å². The summed E-state index contributed by atoms with van der Waals surface area (Å²) in [5.41, 5.74) is 3.19. The van der Waals surface area contributed by atoms with Gasteiger partial charge in [-0.3, -0.25) is 9.59 Å². The molecule has 0 bridgehead atoms. The number of anilines is 1. The van der Waals surface area contributed by atoms with Gasteiger partial charge in [0.25, 0.3) is 0 Å². The summed E-state index contributed by atoms with van der Waals surface area (Å²) in [5, 5.41) is 9.53. The Morgan fingerprint density at radius 3 is 2.91 bits per heavy atom. The van der Waals surface area contributed by atoms with Gasteiger partial charge in [-0.25, -0.2) is 0 Å². The average Bonchev–Trinajstić information content (AvgIpc) is 2.82. The largest absolute Gasteiger partial charge is 0.361 e. The predicted octanol–water partition coefficient (Wildman–Crippen LogP) is 2.03. The topological polar surface area (TPSA) is 84.2 Å². The number of nitrogens with one attached hydrogen (secondary N) is 2. The van der Waals surface area contributed by atoms with Crippen molar-refractivity contribution < 1.29 is 14.1 Å². The summed E-state index contributed by atoms with van der Waals surface area (Å²) in [7, 11) is 0. The fourth-order valence-corrected chi connectivity index (χ4v) is 2.70. The van der Waals surface area contributed by atoms with Gasteiger partial charge in [-0.2, -0.15) is 0 Å². The third kappa shape index (κ3) is 2.59. The van der Waals surface area contributed by atoms with Crippen LogP contribution in [0.5, 0.6) is 0 Å². The van der Waals surface area contributed by atoms with Crippen LogP contribution >= 0.6 is 0 Å². The third-order valence-electron chi connectivity index (χ3n) is 3.94. The van der Waals surface area contributed by atoms with Crippen LogP contribution in [-0.4, -0.2) is 17.0 Å². The van der Waals surface area contributed by atoms with Crippen LogP contribution in [0.25, 0.3) is 0 Å². The van der Waals surface area contributed by atoms with Crippen LogP contribution in [0.15, 0.2) is 28.8 Å². The maximum atomic E-state index is 12.5. The van der Waals surface area contributed by atoms with Crippen LogP contribution in [0, 0.1) is 13.8 Å². The lowest BCUT2D eigenvalue weighted by atomic mass is 9.90. The second kappa shape index (κ2) is 5.63. The van der Waals surface area contributed by atoms with E-state index in [2.05, 4.69) is 15.8 Å². The van der Waals surface area contributed by atoms with E-state index in [9.17, 15) is 9.59 Å². The Kier molecular flexibility index (Phi) is 3.66. The summed E-state index contributed by atoms with van der Waals surface area (Å²) >= 11 is 0. The molecule has 2 heterocycles. The summed E-state index contributed by atoms with van der Waals surface area (Å²) in [4.78, 5) is 24.2. The zero-order valence-corrected chi connectivity index (χ0v) is 12.5. The zero-order valence-electron chi connectivity index (χ0n) is 12.5. The van der Waals surface area contributed by atoms with Crippen molar-refractivity contribution in [3.63, 3.8) is 0 Å². The minimum Gasteiger partial charge on any atom is -0.361 e. The Bertz CT molecular complexity index is 716. The van der Waals surface area contributed by atoms with E-state index in [1.807, 2.05) is 32.0 Å². The molecule has 2 amide bonds. The highest BCUT2D eigenvalue weighted by atomic mass is 16.5. The minimum absolute atomic E-state index is 0.142. The molecule has 2 aromatic rings. The van der Waals surface area contributed by atoms with Crippen LogP contribution in [0.2, 0.25) is 0 Å². The number of aromatic nitrogens is 1. The van der Waals surface area contributed by atoms with Crippen LogP contribution in [-0.2, 0) is 16.1 Å². The molecule has 0 saturated carbocycles. The number of carbonyl (C=O) groups excluding carboxylic acids is 2. The van der Waals surface area contributed by atoms with Gasteiger partial charge in [0.1, 0.15) is 5.76 Å². The number of benzene rings is 1. The molecule has 1 aromatic carbocycles. The molecule has 1 aliphatic heterocycles. The lowest BCUT2D eigenvalue weighted by Gasteiger charge is -2.24. The van der Waals surface area contributed by atoms with Crippen molar-refractivity contribution in [2.24, 2.45) is 0 Å². The highest BCUT2D eigenvalue weighted by Gasteiger charge is 2.30. The van der Waals surface area contributed by atoms with E-state index in [1.165, 1.54) is 0 Å². The first-order valence-corrected chi connectivity index (χ1v) is 7.14. The van der Waals surface area contributed by atoms with Crippen molar-refractivity contribution in [3.05, 3.63) is 46.8 Å². The van der Waals surface area contributed by atoms with Crippen molar-refractivity contribution >= 4 is 17.5 Å². The molecule has 0 spiro atoms. The lowest BCUT2D eigenvalue weighted by Crippen LogP contribution is -2.34. The third-order valence-corrected chi connectivity index (χ3v) is 3.94. The number of hydrogen-bond donors (Lipinski definition) is 2. The molecule has 2 N–H and O–H groups in total.